The summed E-state index contributed by atoms with van der Waals surface area (Å²) in [5.74, 6) is 1.53. The SMILES string of the molecule is CC(C)(C)OC(=O)N1CCN([C@H]2c3ccc(Cl)cc3C(Cn3ccnc3CO)=Cc3cccnc32)CC1.Cc1nccn1CC1=Cc2cc(Cl)ccc2C(N2CCN(C(=O)Nc3ccc(C#N)cc3)CC2)c2ncc(Cl)cc21.Cn1cncc1C(O)C1=Cc2cccnc2[C@@H](N2CCN(C(=O)OC(C)(C)C)CC2)c2ccc(Cl)cc21. The molecule has 594 valence electrons. The number of aliphatic hydroxyl groups excluding tert-OH is 2. The lowest BCUT2D eigenvalue weighted by atomic mass is 9.91. The van der Waals surface area contributed by atoms with Crippen LogP contribution in [0, 0.1) is 18.3 Å². The monoisotopic (exact) mass is 1630 g/mol. The number of aromatic nitrogens is 9. The van der Waals surface area contributed by atoms with Crippen molar-refractivity contribution in [2.24, 2.45) is 7.05 Å². The highest BCUT2D eigenvalue weighted by molar-refractivity contribution is 6.32. The largest absolute Gasteiger partial charge is 0.444 e. The van der Waals surface area contributed by atoms with Gasteiger partial charge in [0.2, 0.25) is 0 Å². The van der Waals surface area contributed by atoms with Crippen LogP contribution in [-0.4, -0.2) is 191 Å². The molecule has 9 heterocycles. The van der Waals surface area contributed by atoms with Gasteiger partial charge in [-0.3, -0.25) is 29.7 Å². The van der Waals surface area contributed by atoms with Crippen molar-refractivity contribution in [1.29, 1.82) is 5.26 Å². The lowest BCUT2D eigenvalue weighted by molar-refractivity contribution is 0.0109. The normalized spacial score (nSPS) is 17.8. The second-order valence-electron chi connectivity index (χ2n) is 31.1. The minimum absolute atomic E-state index is 0.0990. The minimum atomic E-state index is -0.902. The summed E-state index contributed by atoms with van der Waals surface area (Å²) in [6.07, 6.45) is 20.9. The molecule has 4 amide bonds. The molecule has 3 fully saturated rings. The molecular weight excluding hydrogens is 1540 g/mol. The molecule has 10 aromatic rings. The van der Waals surface area contributed by atoms with Gasteiger partial charge in [0.25, 0.3) is 0 Å². The first-order valence-electron chi connectivity index (χ1n) is 38.3. The van der Waals surface area contributed by atoms with Crippen LogP contribution in [0.15, 0.2) is 165 Å². The van der Waals surface area contributed by atoms with E-state index in [4.69, 9.17) is 76.1 Å². The van der Waals surface area contributed by atoms with E-state index >= 15 is 0 Å². The highest BCUT2D eigenvalue weighted by atomic mass is 35.5. The predicted molar refractivity (Wildman–Crippen MR) is 447 cm³/mol. The van der Waals surface area contributed by atoms with E-state index in [1.165, 1.54) is 0 Å². The first-order valence-corrected chi connectivity index (χ1v) is 39.8. The summed E-state index contributed by atoms with van der Waals surface area (Å²) < 4.78 is 17.1. The number of rotatable bonds is 11. The number of imidazole rings is 3. The number of ether oxygens (including phenoxy) is 2. The first kappa shape index (κ1) is 81.0. The Balaban J connectivity index is 0.000000143. The molecule has 0 spiro atoms. The molecule has 115 heavy (non-hydrogen) atoms. The summed E-state index contributed by atoms with van der Waals surface area (Å²) in [5.41, 5.74) is 15.7. The Hall–Kier alpha value is -10.6. The number of fused-ring (bicyclic) bond motifs is 6. The molecule has 0 bridgehead atoms. The van der Waals surface area contributed by atoms with Crippen molar-refractivity contribution in [2.75, 3.05) is 83.9 Å². The fourth-order valence-electron chi connectivity index (χ4n) is 15.6. The van der Waals surface area contributed by atoms with Crippen molar-refractivity contribution >= 4 is 105 Å². The number of hydrogen-bond acceptors (Lipinski definition) is 17. The Morgan fingerprint density at radius 3 is 1.59 bits per heavy atom. The van der Waals surface area contributed by atoms with Crippen LogP contribution in [0.3, 0.4) is 0 Å². The number of nitrogens with one attached hydrogen (secondary N) is 1. The molecule has 0 saturated carbocycles. The number of urea groups is 1. The molecule has 3 N–H and O–H groups in total. The number of aliphatic hydroxyl groups is 2. The van der Waals surface area contributed by atoms with Crippen LogP contribution < -0.4 is 5.32 Å². The maximum atomic E-state index is 13.0. The van der Waals surface area contributed by atoms with Crippen LogP contribution in [0.25, 0.3) is 34.9 Å². The number of pyridine rings is 3. The van der Waals surface area contributed by atoms with E-state index in [-0.39, 0.29) is 42.9 Å². The highest BCUT2D eigenvalue weighted by Crippen LogP contribution is 2.47. The number of carbonyl (C=O) groups is 3. The molecule has 28 heteroatoms. The maximum absolute atomic E-state index is 13.0. The number of hydrogen-bond donors (Lipinski definition) is 3. The summed E-state index contributed by atoms with van der Waals surface area (Å²) >= 11 is 26.0. The van der Waals surface area contributed by atoms with E-state index in [1.54, 1.807) is 71.4 Å². The van der Waals surface area contributed by atoms with Crippen LogP contribution in [-0.2, 0) is 36.2 Å². The summed E-state index contributed by atoms with van der Waals surface area (Å²) in [4.78, 5) is 78.2. The maximum Gasteiger partial charge on any atom is 0.410 e. The summed E-state index contributed by atoms with van der Waals surface area (Å²) in [5, 5.41) is 35.7. The smallest absolute Gasteiger partial charge is 0.410 e. The number of anilines is 1. The molecule has 6 aliphatic rings. The third kappa shape index (κ3) is 18.6. The van der Waals surface area contributed by atoms with Crippen LogP contribution in [0.2, 0.25) is 20.1 Å². The second-order valence-corrected chi connectivity index (χ2v) is 32.9. The van der Waals surface area contributed by atoms with E-state index in [1.807, 2.05) is 161 Å². The average Bonchev–Trinajstić information content (AvgIpc) is 1.66. The Kier molecular flexibility index (Phi) is 24.6. The molecule has 4 aromatic carbocycles. The average molecular weight is 1630 g/mol. The number of piperazine rings is 3. The zero-order valence-electron chi connectivity index (χ0n) is 65.3. The van der Waals surface area contributed by atoms with Gasteiger partial charge in [-0.05, 0) is 207 Å². The van der Waals surface area contributed by atoms with Crippen LogP contribution >= 0.6 is 46.4 Å². The van der Waals surface area contributed by atoms with Gasteiger partial charge < -0.3 is 53.4 Å². The van der Waals surface area contributed by atoms with Gasteiger partial charge in [-0.15, -0.1) is 0 Å². The lowest BCUT2D eigenvalue weighted by Gasteiger charge is -2.40. The van der Waals surface area contributed by atoms with Crippen molar-refractivity contribution in [2.45, 2.75) is 104 Å². The molecule has 6 aromatic heterocycles. The van der Waals surface area contributed by atoms with Crippen molar-refractivity contribution in [3.8, 4) is 6.07 Å². The van der Waals surface area contributed by atoms with Crippen molar-refractivity contribution < 1.29 is 34.1 Å². The summed E-state index contributed by atoms with van der Waals surface area (Å²) in [6, 6.07) is 36.2. The quantitative estimate of drug-likeness (QED) is 0.109. The molecule has 16 rings (SSSR count). The number of amides is 4. The predicted octanol–water partition coefficient (Wildman–Crippen LogP) is 15.6. The molecule has 24 nitrogen and oxygen atoms in total. The van der Waals surface area contributed by atoms with Crippen LogP contribution in [0.1, 0.15) is 156 Å². The lowest BCUT2D eigenvalue weighted by Crippen LogP contribution is -2.51. The summed E-state index contributed by atoms with van der Waals surface area (Å²) in [7, 11) is 1.87. The van der Waals surface area contributed by atoms with E-state index in [0.717, 1.165) is 89.7 Å². The Morgan fingerprint density at radius 1 is 0.548 bits per heavy atom. The van der Waals surface area contributed by atoms with E-state index in [9.17, 15) is 24.6 Å². The molecule has 3 aliphatic heterocycles. The van der Waals surface area contributed by atoms with Crippen molar-refractivity contribution in [3.63, 3.8) is 0 Å². The van der Waals surface area contributed by atoms with Crippen molar-refractivity contribution in [1.82, 2.24) is 73.0 Å². The zero-order chi connectivity index (χ0) is 81.0. The number of halogens is 4. The van der Waals surface area contributed by atoms with E-state index in [0.29, 0.717) is 134 Å². The fraction of sp³-hybridized carbons (Fsp3) is 0.333. The van der Waals surface area contributed by atoms with Crippen molar-refractivity contribution in [3.05, 3.63) is 275 Å². The van der Waals surface area contributed by atoms with Crippen LogP contribution in [0.4, 0.5) is 20.1 Å². The van der Waals surface area contributed by atoms with Gasteiger partial charge in [0.15, 0.2) is 0 Å². The van der Waals surface area contributed by atoms with Gasteiger partial charge in [0.05, 0.1) is 70.1 Å². The standard InChI is InChI=1S/C31H27Cl2N7O.2C28H32ClN5O3/c1-20-35-8-9-40(20)19-23-14-22-15-24(32)4-7-27(22)30(29-28(23)16-25(33)18-36-29)38-10-12-39(13-11-38)31(41)37-26-5-2-21(17-34)3-6-26;1-28(2,3)37-27(36)34-12-10-33(11-13-34)25-20-8-7-19(29)15-21(20)22(14-18-6-5-9-31-24(18)25)26(35)23-16-30-17-32(23)4;1-28(2,3)37-27(36)33-13-11-32(12-14-33)26-22-7-6-21(29)16-23(22)20(15-19-5-4-8-31-25(19)26)17-34-10-9-30-24(34)18-35/h2-9,14-16,18,30H,10-13,19H2,1H3,(H,37,41);5-9,14-17,25-26,35H,10-13H2,1-4H3;4-10,15-16,26,35H,11-14,17-18H2,1-3H3/t;25-,26?;26-/m.00/s1. The number of nitriles is 1. The molecule has 3 saturated heterocycles. The Labute approximate surface area is 689 Å². The van der Waals surface area contributed by atoms with Gasteiger partial charge >= 0.3 is 18.2 Å². The topological polar surface area (TPSA) is 258 Å². The van der Waals surface area contributed by atoms with Gasteiger partial charge in [0, 0.05) is 168 Å². The number of allylic oxidation sites excluding steroid dienone is 2. The molecule has 3 aliphatic carbocycles. The number of nitrogens with zero attached hydrogens (tertiary/aromatic N) is 16. The third-order valence-corrected chi connectivity index (χ3v) is 22.1. The Bertz CT molecular complexity index is 5380. The number of benzene rings is 4. The minimum Gasteiger partial charge on any atom is -0.444 e. The van der Waals surface area contributed by atoms with E-state index in [2.05, 4.69) is 76.0 Å². The van der Waals surface area contributed by atoms with Crippen LogP contribution in [0.5, 0.6) is 0 Å². The second kappa shape index (κ2) is 34.9. The zero-order valence-corrected chi connectivity index (χ0v) is 68.4. The van der Waals surface area contributed by atoms with Gasteiger partial charge in [-0.1, -0.05) is 76.7 Å². The highest BCUT2D eigenvalue weighted by Gasteiger charge is 2.40. The molecule has 4 atom stereocenters. The number of carbonyl (C=O) groups excluding carboxylic acids is 3. The number of aryl methyl sites for hydroxylation is 2. The molecule has 0 radical (unpaired) electrons. The van der Waals surface area contributed by atoms with Gasteiger partial charge in [-0.25, -0.2) is 29.3 Å². The third-order valence-electron chi connectivity index (χ3n) is 21.2. The first-order chi connectivity index (χ1) is 55.2. The molecular formula is C87H91Cl4N17O7. The van der Waals surface area contributed by atoms with Gasteiger partial charge in [0.1, 0.15) is 35.6 Å². The van der Waals surface area contributed by atoms with Gasteiger partial charge in [-0.2, -0.15) is 5.26 Å². The summed E-state index contributed by atoms with van der Waals surface area (Å²) in [6.45, 7) is 21.7. The fourth-order valence-corrected chi connectivity index (χ4v) is 16.3. The van der Waals surface area contributed by atoms with E-state index < -0.39 is 17.3 Å². The molecule has 2 unspecified atom stereocenters. The Morgan fingerprint density at radius 2 is 1.04 bits per heavy atom.